The highest BCUT2D eigenvalue weighted by atomic mass is 16.3. The van der Waals surface area contributed by atoms with E-state index in [4.69, 9.17) is 0 Å². The molecule has 2 aliphatic carbocycles. The maximum atomic E-state index is 11.6. The Hall–Kier alpha value is -1.86. The first-order valence-corrected chi connectivity index (χ1v) is 8.61. The van der Waals surface area contributed by atoms with Gasteiger partial charge in [-0.25, -0.2) is 0 Å². The summed E-state index contributed by atoms with van der Waals surface area (Å²) in [6.07, 6.45) is 6.87. The number of hydrogen-bond acceptors (Lipinski definition) is 1. The summed E-state index contributed by atoms with van der Waals surface area (Å²) in [5, 5.41) is 11.6. The smallest absolute Gasteiger partial charge is 0.114 e. The first kappa shape index (κ1) is 14.7. The fraction of sp³-hybridized carbons (Fsp3) is 0.364. The van der Waals surface area contributed by atoms with Crippen molar-refractivity contribution in [2.45, 2.75) is 44.6 Å². The van der Waals surface area contributed by atoms with E-state index in [9.17, 15) is 5.11 Å². The molecule has 0 saturated heterocycles. The van der Waals surface area contributed by atoms with E-state index in [0.29, 0.717) is 0 Å². The van der Waals surface area contributed by atoms with Gasteiger partial charge in [-0.2, -0.15) is 0 Å². The van der Waals surface area contributed by atoms with Crippen molar-refractivity contribution in [1.29, 1.82) is 0 Å². The van der Waals surface area contributed by atoms with Crippen LogP contribution in [0.4, 0.5) is 0 Å². The molecule has 1 N–H and O–H groups in total. The minimum Gasteiger partial charge on any atom is -0.380 e. The third-order valence-electron chi connectivity index (χ3n) is 6.17. The van der Waals surface area contributed by atoms with Gasteiger partial charge in [0.05, 0.1) is 0 Å². The van der Waals surface area contributed by atoms with Crippen molar-refractivity contribution in [3.8, 4) is 0 Å². The standard InChI is InChI=1S/C22H24O/c1-3-22(23)20-14-16(2)8-9-19(20)15-21(22)12-10-17-6-4-5-7-18(17)11-13-21/h3-9,14,23H,1,10-13,15H2,2H3. The average Bonchev–Trinajstić information content (AvgIpc) is 2.70. The molecule has 1 nitrogen and oxygen atoms in total. The van der Waals surface area contributed by atoms with Gasteiger partial charge in [0.1, 0.15) is 5.60 Å². The lowest BCUT2D eigenvalue weighted by Crippen LogP contribution is -2.41. The van der Waals surface area contributed by atoms with Crippen molar-refractivity contribution in [2.75, 3.05) is 0 Å². The van der Waals surface area contributed by atoms with Gasteiger partial charge in [0.2, 0.25) is 0 Å². The fourth-order valence-corrected chi connectivity index (χ4v) is 4.79. The first-order valence-electron chi connectivity index (χ1n) is 8.61. The van der Waals surface area contributed by atoms with Crippen LogP contribution in [0.3, 0.4) is 0 Å². The van der Waals surface area contributed by atoms with Crippen LogP contribution in [0.1, 0.15) is 40.7 Å². The van der Waals surface area contributed by atoms with Gasteiger partial charge in [-0.05, 0) is 61.3 Å². The molecule has 0 fully saturated rings. The Kier molecular flexibility index (Phi) is 3.24. The van der Waals surface area contributed by atoms with Gasteiger partial charge in [0, 0.05) is 5.41 Å². The zero-order chi connectivity index (χ0) is 16.1. The SMILES string of the molecule is C=CC1(O)c2cc(C)ccc2CC12CCc1ccccc1CC2. The molecule has 4 rings (SSSR count). The second-order valence-electron chi connectivity index (χ2n) is 7.36. The summed E-state index contributed by atoms with van der Waals surface area (Å²) < 4.78 is 0. The number of aryl methyl sites for hydroxylation is 3. The molecule has 1 atom stereocenters. The lowest BCUT2D eigenvalue weighted by molar-refractivity contribution is -0.0454. The van der Waals surface area contributed by atoms with Gasteiger partial charge in [0.15, 0.2) is 0 Å². The van der Waals surface area contributed by atoms with Gasteiger partial charge >= 0.3 is 0 Å². The molecule has 2 aromatic carbocycles. The van der Waals surface area contributed by atoms with E-state index in [1.807, 2.05) is 0 Å². The number of rotatable bonds is 1. The molecule has 0 saturated carbocycles. The molecule has 1 spiro atoms. The van der Waals surface area contributed by atoms with Crippen LogP contribution in [-0.2, 0) is 24.9 Å². The van der Waals surface area contributed by atoms with Crippen molar-refractivity contribution in [1.82, 2.24) is 0 Å². The molecule has 0 aliphatic heterocycles. The van der Waals surface area contributed by atoms with Gasteiger partial charge < -0.3 is 5.11 Å². The number of aliphatic hydroxyl groups is 1. The maximum absolute atomic E-state index is 11.6. The maximum Gasteiger partial charge on any atom is 0.114 e. The summed E-state index contributed by atoms with van der Waals surface area (Å²) in [5.41, 5.74) is 5.45. The summed E-state index contributed by atoms with van der Waals surface area (Å²) in [6.45, 7) is 6.12. The van der Waals surface area contributed by atoms with Crippen LogP contribution in [0.5, 0.6) is 0 Å². The molecule has 0 aromatic heterocycles. The lowest BCUT2D eigenvalue weighted by Gasteiger charge is -2.41. The van der Waals surface area contributed by atoms with Crippen molar-refractivity contribution in [3.05, 3.63) is 82.9 Å². The van der Waals surface area contributed by atoms with Crippen molar-refractivity contribution in [3.63, 3.8) is 0 Å². The largest absolute Gasteiger partial charge is 0.380 e. The first-order chi connectivity index (χ1) is 11.1. The average molecular weight is 304 g/mol. The van der Waals surface area contributed by atoms with Crippen molar-refractivity contribution < 1.29 is 5.11 Å². The minimum atomic E-state index is -0.906. The van der Waals surface area contributed by atoms with Crippen LogP contribution >= 0.6 is 0 Å². The Morgan fingerprint density at radius 2 is 1.65 bits per heavy atom. The highest BCUT2D eigenvalue weighted by Gasteiger charge is 2.54. The number of fused-ring (bicyclic) bond motifs is 2. The summed E-state index contributed by atoms with van der Waals surface area (Å²) in [6, 6.07) is 15.3. The Bertz CT molecular complexity index is 746. The lowest BCUT2D eigenvalue weighted by atomic mass is 9.67. The van der Waals surface area contributed by atoms with Gasteiger partial charge in [-0.3, -0.25) is 0 Å². The van der Waals surface area contributed by atoms with E-state index >= 15 is 0 Å². The van der Waals surface area contributed by atoms with E-state index < -0.39 is 5.60 Å². The third-order valence-corrected chi connectivity index (χ3v) is 6.17. The Morgan fingerprint density at radius 3 is 2.26 bits per heavy atom. The van der Waals surface area contributed by atoms with E-state index in [1.54, 1.807) is 6.08 Å². The van der Waals surface area contributed by atoms with Gasteiger partial charge in [-0.1, -0.05) is 60.7 Å². The molecule has 0 radical (unpaired) electrons. The Balaban J connectivity index is 1.79. The molecule has 118 valence electrons. The molecule has 2 aliphatic rings. The quantitative estimate of drug-likeness (QED) is 0.770. The molecule has 2 aromatic rings. The van der Waals surface area contributed by atoms with Crippen LogP contribution in [0.25, 0.3) is 0 Å². The van der Waals surface area contributed by atoms with Crippen LogP contribution in [0.15, 0.2) is 55.1 Å². The van der Waals surface area contributed by atoms with Crippen LogP contribution in [0, 0.1) is 12.3 Å². The summed E-state index contributed by atoms with van der Waals surface area (Å²) in [7, 11) is 0. The Morgan fingerprint density at radius 1 is 1.00 bits per heavy atom. The number of benzene rings is 2. The predicted molar refractivity (Wildman–Crippen MR) is 94.5 cm³/mol. The highest BCUT2D eigenvalue weighted by Crippen LogP contribution is 2.57. The van der Waals surface area contributed by atoms with E-state index in [1.165, 1.54) is 22.3 Å². The molecule has 1 heteroatoms. The van der Waals surface area contributed by atoms with Crippen LogP contribution in [0.2, 0.25) is 0 Å². The third kappa shape index (κ3) is 2.03. The summed E-state index contributed by atoms with van der Waals surface area (Å²) in [5.74, 6) is 0. The monoisotopic (exact) mass is 304 g/mol. The van der Waals surface area contributed by atoms with Crippen molar-refractivity contribution >= 4 is 0 Å². The zero-order valence-corrected chi connectivity index (χ0v) is 13.8. The van der Waals surface area contributed by atoms with Crippen LogP contribution in [-0.4, -0.2) is 5.11 Å². The second kappa shape index (κ2) is 5.07. The molecular weight excluding hydrogens is 280 g/mol. The molecular formula is C22H24O. The van der Waals surface area contributed by atoms with Gasteiger partial charge in [0.25, 0.3) is 0 Å². The van der Waals surface area contributed by atoms with Crippen LogP contribution < -0.4 is 0 Å². The normalized spacial score (nSPS) is 24.8. The number of hydrogen-bond donors (Lipinski definition) is 1. The predicted octanol–water partition coefficient (Wildman–Crippen LogP) is 4.49. The minimum absolute atomic E-state index is 0.121. The Labute approximate surface area is 138 Å². The molecule has 23 heavy (non-hydrogen) atoms. The van der Waals surface area contributed by atoms with E-state index in [-0.39, 0.29) is 5.41 Å². The summed E-state index contributed by atoms with van der Waals surface area (Å²) in [4.78, 5) is 0. The molecule has 0 bridgehead atoms. The van der Waals surface area contributed by atoms with E-state index in [0.717, 1.165) is 37.7 Å². The zero-order valence-electron chi connectivity index (χ0n) is 13.8. The molecule has 1 unspecified atom stereocenters. The topological polar surface area (TPSA) is 20.2 Å². The van der Waals surface area contributed by atoms with Crippen molar-refractivity contribution in [2.24, 2.45) is 5.41 Å². The molecule has 0 amide bonds. The highest BCUT2D eigenvalue weighted by molar-refractivity contribution is 5.47. The van der Waals surface area contributed by atoms with E-state index in [2.05, 4.69) is 56.0 Å². The van der Waals surface area contributed by atoms with Gasteiger partial charge in [-0.15, -0.1) is 0 Å². The summed E-state index contributed by atoms with van der Waals surface area (Å²) >= 11 is 0. The second-order valence-corrected chi connectivity index (χ2v) is 7.36. The molecule has 0 heterocycles. The fourth-order valence-electron chi connectivity index (χ4n) is 4.79.